The van der Waals surface area contributed by atoms with E-state index in [0.29, 0.717) is 10.0 Å². The summed E-state index contributed by atoms with van der Waals surface area (Å²) in [6.45, 7) is 0. The second-order valence-corrected chi connectivity index (χ2v) is 8.47. The third kappa shape index (κ3) is 2.73. The van der Waals surface area contributed by atoms with Crippen molar-refractivity contribution in [1.29, 1.82) is 0 Å². The minimum absolute atomic E-state index is 0.0450. The minimum atomic E-state index is -2.69. The quantitative estimate of drug-likeness (QED) is 0.701. The maximum absolute atomic E-state index is 13.3. The molecular formula is C14H14BrF2N2O2Se+. The van der Waals surface area contributed by atoms with Crippen LogP contribution in [0.3, 0.4) is 0 Å². The number of rotatable bonds is 2. The Bertz CT molecular complexity index is 753. The van der Waals surface area contributed by atoms with Crippen LogP contribution in [-0.4, -0.2) is 31.7 Å². The molecule has 0 aromatic carbocycles. The molecule has 0 aliphatic heterocycles. The van der Waals surface area contributed by atoms with Crippen molar-refractivity contribution in [2.24, 2.45) is 5.73 Å². The summed E-state index contributed by atoms with van der Waals surface area (Å²) in [6.07, 6.45) is 1.21. The third-order valence-corrected chi connectivity index (χ3v) is 8.13. The molecule has 3 rings (SSSR count). The van der Waals surface area contributed by atoms with Gasteiger partial charge in [0.25, 0.3) is 0 Å². The van der Waals surface area contributed by atoms with Crippen molar-refractivity contribution in [2.45, 2.75) is 37.2 Å². The molecule has 2 aromatic rings. The number of aromatic nitrogens is 1. The summed E-state index contributed by atoms with van der Waals surface area (Å²) in [5.41, 5.74) is 5.19. The average molecular weight is 439 g/mol. The van der Waals surface area contributed by atoms with E-state index >= 15 is 0 Å². The van der Waals surface area contributed by atoms with E-state index in [1.807, 2.05) is 3.40 Å². The number of aliphatic hydroxyl groups is 1. The topological polar surface area (TPSA) is 67.4 Å². The summed E-state index contributed by atoms with van der Waals surface area (Å²) in [5, 5.41) is 10.8. The van der Waals surface area contributed by atoms with E-state index in [1.165, 1.54) is 0 Å². The van der Waals surface area contributed by atoms with E-state index in [9.17, 15) is 18.7 Å². The van der Waals surface area contributed by atoms with Gasteiger partial charge in [0.2, 0.25) is 0 Å². The number of fused-ring (bicyclic) bond motifs is 1. The fraction of sp³-hybridized carbons (Fsp3) is 0.429. The van der Waals surface area contributed by atoms with Gasteiger partial charge < -0.3 is 0 Å². The number of hydrogen-bond donors (Lipinski definition) is 2. The molecule has 1 fully saturated rings. The Morgan fingerprint density at radius 2 is 2.00 bits per heavy atom. The summed E-state index contributed by atoms with van der Waals surface area (Å²) in [4.78, 5) is 11.3. The van der Waals surface area contributed by atoms with Crippen molar-refractivity contribution in [3.8, 4) is 0 Å². The van der Waals surface area contributed by atoms with Crippen LogP contribution in [0, 0.1) is 0 Å². The molecule has 4 nitrogen and oxygen atoms in total. The van der Waals surface area contributed by atoms with Crippen LogP contribution in [0.4, 0.5) is 8.78 Å². The van der Waals surface area contributed by atoms with Gasteiger partial charge in [-0.3, -0.25) is 0 Å². The number of amides is 1. The van der Waals surface area contributed by atoms with E-state index in [-0.39, 0.29) is 40.4 Å². The number of alkyl halides is 2. The monoisotopic (exact) mass is 439 g/mol. The van der Waals surface area contributed by atoms with E-state index < -0.39 is 17.4 Å². The van der Waals surface area contributed by atoms with E-state index in [2.05, 4.69) is 15.9 Å². The SMILES string of the molecule is NC(=O)c1cc[n+]2[se]c(C3(O)CCC(F)(F)CC3)c(Br)c2c1. The fourth-order valence-corrected chi connectivity index (χ4v) is 6.34. The van der Waals surface area contributed by atoms with Gasteiger partial charge in [-0.2, -0.15) is 0 Å². The number of nitrogens with zero attached hydrogens (tertiary/aromatic N) is 1. The molecule has 118 valence electrons. The summed E-state index contributed by atoms with van der Waals surface area (Å²) in [5.74, 6) is -3.22. The third-order valence-electron chi connectivity index (χ3n) is 4.05. The number of nitrogens with two attached hydrogens (primary N) is 1. The molecule has 8 heteroatoms. The van der Waals surface area contributed by atoms with Gasteiger partial charge in [-0.25, -0.2) is 0 Å². The number of pyridine rings is 1. The first-order valence-corrected chi connectivity index (χ1v) is 9.18. The predicted octanol–water partition coefficient (Wildman–Crippen LogP) is 1.74. The number of hydrogen-bond acceptors (Lipinski definition) is 2. The van der Waals surface area contributed by atoms with Gasteiger partial charge in [0, 0.05) is 0 Å². The molecule has 0 bridgehead atoms. The Kier molecular flexibility index (Phi) is 3.92. The number of primary amides is 1. The second-order valence-electron chi connectivity index (χ2n) is 5.61. The molecule has 3 N–H and O–H groups in total. The summed E-state index contributed by atoms with van der Waals surface area (Å²) in [7, 11) is 0. The van der Waals surface area contributed by atoms with Gasteiger partial charge in [0.05, 0.1) is 0 Å². The normalized spacial score (nSPS) is 20.2. The van der Waals surface area contributed by atoms with Crippen molar-refractivity contribution >= 4 is 42.1 Å². The van der Waals surface area contributed by atoms with E-state index in [0.717, 1.165) is 9.95 Å². The van der Waals surface area contributed by atoms with Crippen LogP contribution in [-0.2, 0) is 5.60 Å². The first-order chi connectivity index (χ1) is 10.2. The first kappa shape index (κ1) is 16.1. The molecule has 1 aliphatic rings. The van der Waals surface area contributed by atoms with Crippen LogP contribution in [0.25, 0.3) is 5.52 Å². The average Bonchev–Trinajstić information content (AvgIpc) is 2.80. The van der Waals surface area contributed by atoms with Crippen LogP contribution >= 0.6 is 15.9 Å². The standard InChI is InChI=1S/C14H13BrF2N2O2Se/c15-10-9-7-8(12(18)20)1-6-19(9)22-11(10)13(21)2-4-14(16,17)5-3-13/h1,6-7,21H,2-5H2,(H-,18,20)/p+1. The van der Waals surface area contributed by atoms with Crippen molar-refractivity contribution in [2.75, 3.05) is 0 Å². The summed E-state index contributed by atoms with van der Waals surface area (Å²) < 4.78 is 30.0. The fourth-order valence-electron chi connectivity index (χ4n) is 2.68. The Balaban J connectivity index is 2.04. The molecule has 0 radical (unpaired) electrons. The van der Waals surface area contributed by atoms with Gasteiger partial charge in [-0.1, -0.05) is 0 Å². The van der Waals surface area contributed by atoms with Gasteiger partial charge >= 0.3 is 140 Å². The van der Waals surface area contributed by atoms with Crippen LogP contribution in [0.1, 0.15) is 40.5 Å². The Hall–Kier alpha value is -0.821. The van der Waals surface area contributed by atoms with Gasteiger partial charge in [-0.15, -0.1) is 0 Å². The molecule has 1 saturated carbocycles. The number of carbonyl (C=O) groups is 1. The Morgan fingerprint density at radius 3 is 2.59 bits per heavy atom. The second kappa shape index (κ2) is 5.37. The molecule has 1 aliphatic carbocycles. The van der Waals surface area contributed by atoms with Gasteiger partial charge in [-0.05, 0) is 0 Å². The van der Waals surface area contributed by atoms with Crippen LogP contribution in [0.2, 0.25) is 0 Å². The molecule has 2 aromatic heterocycles. The van der Waals surface area contributed by atoms with Gasteiger partial charge in [0.1, 0.15) is 0 Å². The molecule has 0 spiro atoms. The van der Waals surface area contributed by atoms with Crippen molar-refractivity contribution in [3.63, 3.8) is 0 Å². The van der Waals surface area contributed by atoms with Crippen molar-refractivity contribution in [1.82, 2.24) is 0 Å². The van der Waals surface area contributed by atoms with E-state index in [1.54, 1.807) is 18.3 Å². The Morgan fingerprint density at radius 1 is 1.36 bits per heavy atom. The molecule has 2 heterocycles. The van der Waals surface area contributed by atoms with E-state index in [4.69, 9.17) is 5.73 Å². The molecule has 22 heavy (non-hydrogen) atoms. The summed E-state index contributed by atoms with van der Waals surface area (Å²) in [6, 6.07) is 3.28. The molecule has 0 saturated heterocycles. The maximum atomic E-state index is 13.3. The van der Waals surface area contributed by atoms with Crippen LogP contribution in [0.15, 0.2) is 22.8 Å². The van der Waals surface area contributed by atoms with Gasteiger partial charge in [0.15, 0.2) is 0 Å². The summed E-state index contributed by atoms with van der Waals surface area (Å²) >= 11 is 3.23. The Labute approximate surface area is 140 Å². The predicted molar refractivity (Wildman–Crippen MR) is 80.1 cm³/mol. The molecule has 0 atom stereocenters. The van der Waals surface area contributed by atoms with Crippen LogP contribution in [0.5, 0.6) is 0 Å². The molecular weight excluding hydrogens is 425 g/mol. The molecule has 0 unspecified atom stereocenters. The van der Waals surface area contributed by atoms with Crippen molar-refractivity contribution < 1.29 is 22.1 Å². The van der Waals surface area contributed by atoms with Crippen LogP contribution < -0.4 is 9.13 Å². The van der Waals surface area contributed by atoms with Crippen molar-refractivity contribution in [3.05, 3.63) is 32.8 Å². The molecule has 1 amide bonds. The number of halogens is 3. The zero-order valence-electron chi connectivity index (χ0n) is 11.5. The zero-order valence-corrected chi connectivity index (χ0v) is 14.8. The zero-order chi connectivity index (χ0) is 16.1. The first-order valence-electron chi connectivity index (χ1n) is 6.77. The number of carbonyl (C=O) groups excluding carboxylic acids is 1.